The lowest BCUT2D eigenvalue weighted by atomic mass is 10.1. The Morgan fingerprint density at radius 3 is 2.71 bits per heavy atom. The third kappa shape index (κ3) is 5.85. The van der Waals surface area contributed by atoms with Crippen molar-refractivity contribution in [3.63, 3.8) is 0 Å². The van der Waals surface area contributed by atoms with E-state index in [0.29, 0.717) is 24.1 Å². The van der Waals surface area contributed by atoms with Crippen molar-refractivity contribution >= 4 is 33.1 Å². The Morgan fingerprint density at radius 1 is 1.21 bits per heavy atom. The molecule has 1 aromatic carbocycles. The molecular formula is C26H35N5O2S. The van der Waals surface area contributed by atoms with E-state index in [1.807, 2.05) is 13.8 Å². The Balaban J connectivity index is 1.19. The van der Waals surface area contributed by atoms with Gasteiger partial charge in [0.2, 0.25) is 5.91 Å². The Hall–Kier alpha value is -2.71. The zero-order valence-corrected chi connectivity index (χ0v) is 21.4. The maximum absolute atomic E-state index is 12.5. The Morgan fingerprint density at radius 2 is 1.97 bits per heavy atom. The van der Waals surface area contributed by atoms with Gasteiger partial charge in [0.05, 0.1) is 5.39 Å². The van der Waals surface area contributed by atoms with E-state index in [1.54, 1.807) is 0 Å². The van der Waals surface area contributed by atoms with Crippen LogP contribution in [0.15, 0.2) is 29.1 Å². The van der Waals surface area contributed by atoms with Crippen molar-refractivity contribution in [3.05, 3.63) is 56.4 Å². The second-order valence-corrected chi connectivity index (χ2v) is 10.6. The molecule has 34 heavy (non-hydrogen) atoms. The smallest absolute Gasteiger partial charge is 0.259 e. The number of fused-ring (bicyclic) bond motifs is 1. The van der Waals surface area contributed by atoms with Crippen LogP contribution in [0.1, 0.15) is 41.6 Å². The first-order valence-electron chi connectivity index (χ1n) is 12.1. The van der Waals surface area contributed by atoms with Crippen molar-refractivity contribution in [1.82, 2.24) is 20.2 Å². The highest BCUT2D eigenvalue weighted by Crippen LogP contribution is 2.25. The fourth-order valence-electron chi connectivity index (χ4n) is 4.50. The number of piperazine rings is 1. The molecule has 4 rings (SSSR count). The third-order valence-electron chi connectivity index (χ3n) is 6.70. The molecule has 1 fully saturated rings. The van der Waals surface area contributed by atoms with Gasteiger partial charge in [-0.3, -0.25) is 14.5 Å². The Bertz CT molecular complexity index is 1210. The highest BCUT2D eigenvalue weighted by atomic mass is 32.1. The van der Waals surface area contributed by atoms with E-state index in [4.69, 9.17) is 0 Å². The predicted octanol–water partition coefficient (Wildman–Crippen LogP) is 3.56. The first-order valence-corrected chi connectivity index (χ1v) is 12.9. The van der Waals surface area contributed by atoms with Crippen LogP contribution in [0, 0.1) is 20.8 Å². The lowest BCUT2D eigenvalue weighted by Gasteiger charge is -2.36. The number of aromatic amines is 1. The third-order valence-corrected chi connectivity index (χ3v) is 7.80. The molecule has 1 unspecified atom stereocenters. The van der Waals surface area contributed by atoms with E-state index < -0.39 is 0 Å². The summed E-state index contributed by atoms with van der Waals surface area (Å²) in [6.45, 7) is 13.3. The molecule has 3 aromatic rings. The molecule has 2 N–H and O–H groups in total. The van der Waals surface area contributed by atoms with Crippen LogP contribution in [0.3, 0.4) is 0 Å². The first kappa shape index (κ1) is 24.4. The molecular weight excluding hydrogens is 446 g/mol. The lowest BCUT2D eigenvalue weighted by Crippen LogP contribution is -2.47. The van der Waals surface area contributed by atoms with Gasteiger partial charge in [-0.15, -0.1) is 11.3 Å². The quantitative estimate of drug-likeness (QED) is 0.514. The number of hydrogen-bond acceptors (Lipinski definition) is 6. The Kier molecular flexibility index (Phi) is 7.68. The molecule has 7 nitrogen and oxygen atoms in total. The van der Waals surface area contributed by atoms with E-state index in [1.165, 1.54) is 22.6 Å². The van der Waals surface area contributed by atoms with Gasteiger partial charge in [0.25, 0.3) is 5.56 Å². The predicted molar refractivity (Wildman–Crippen MR) is 140 cm³/mol. The largest absolute Gasteiger partial charge is 0.369 e. The average molecular weight is 482 g/mol. The van der Waals surface area contributed by atoms with Crippen LogP contribution in [0.2, 0.25) is 0 Å². The van der Waals surface area contributed by atoms with Gasteiger partial charge in [0.1, 0.15) is 10.7 Å². The minimum Gasteiger partial charge on any atom is -0.369 e. The first-order chi connectivity index (χ1) is 16.3. The highest BCUT2D eigenvalue weighted by Gasteiger charge is 2.18. The number of amides is 1. The molecule has 1 aliphatic heterocycles. The molecule has 0 aliphatic carbocycles. The van der Waals surface area contributed by atoms with Crippen LogP contribution >= 0.6 is 11.3 Å². The fraction of sp³-hybridized carbons (Fsp3) is 0.500. The van der Waals surface area contributed by atoms with Crippen molar-refractivity contribution in [2.75, 3.05) is 37.6 Å². The van der Waals surface area contributed by atoms with Gasteiger partial charge in [-0.2, -0.15) is 0 Å². The van der Waals surface area contributed by atoms with Crippen molar-refractivity contribution < 1.29 is 4.79 Å². The minimum absolute atomic E-state index is 0.00180. The number of nitrogens with zero attached hydrogens (tertiary/aromatic N) is 3. The second-order valence-electron chi connectivity index (χ2n) is 9.40. The van der Waals surface area contributed by atoms with Gasteiger partial charge in [-0.25, -0.2) is 4.98 Å². The van der Waals surface area contributed by atoms with Crippen LogP contribution in [0.5, 0.6) is 0 Å². The summed E-state index contributed by atoms with van der Waals surface area (Å²) >= 11 is 1.53. The van der Waals surface area contributed by atoms with Crippen molar-refractivity contribution in [1.29, 1.82) is 0 Å². The maximum Gasteiger partial charge on any atom is 0.259 e. The summed E-state index contributed by atoms with van der Waals surface area (Å²) < 4.78 is 0. The summed E-state index contributed by atoms with van der Waals surface area (Å²) in [4.78, 5) is 39.1. The zero-order chi connectivity index (χ0) is 24.2. The van der Waals surface area contributed by atoms with Gasteiger partial charge in [-0.1, -0.05) is 12.1 Å². The average Bonchev–Trinajstić information content (AvgIpc) is 3.10. The molecule has 1 aliphatic rings. The van der Waals surface area contributed by atoms with Crippen LogP contribution in [-0.2, 0) is 11.2 Å². The SMILES string of the molecule is Cc1cccc(N2CCN(CCC(C)NC(=O)CCc3nc4sc(C)c(C)c4c(=O)[nH]3)CC2)c1. The summed E-state index contributed by atoms with van der Waals surface area (Å²) in [7, 11) is 0. The van der Waals surface area contributed by atoms with Gasteiger partial charge in [-0.05, 0) is 57.4 Å². The highest BCUT2D eigenvalue weighted by molar-refractivity contribution is 7.18. The molecule has 8 heteroatoms. The molecule has 2 aromatic heterocycles. The number of carbonyl (C=O) groups is 1. The van der Waals surface area contributed by atoms with Crippen molar-refractivity contribution in [2.24, 2.45) is 0 Å². The van der Waals surface area contributed by atoms with Gasteiger partial charge < -0.3 is 15.2 Å². The minimum atomic E-state index is -0.113. The molecule has 1 saturated heterocycles. The van der Waals surface area contributed by atoms with E-state index in [-0.39, 0.29) is 17.5 Å². The van der Waals surface area contributed by atoms with Crippen molar-refractivity contribution in [3.8, 4) is 0 Å². The Labute approximate surface area is 205 Å². The number of anilines is 1. The molecule has 0 radical (unpaired) electrons. The summed E-state index contributed by atoms with van der Waals surface area (Å²) in [6.07, 6.45) is 1.67. The number of hydrogen-bond donors (Lipinski definition) is 2. The second kappa shape index (κ2) is 10.7. The number of H-pyrrole nitrogens is 1. The van der Waals surface area contributed by atoms with Crippen LogP contribution in [-0.4, -0.2) is 59.5 Å². The molecule has 0 spiro atoms. The fourth-order valence-corrected chi connectivity index (χ4v) is 5.55. The van der Waals surface area contributed by atoms with E-state index in [9.17, 15) is 9.59 Å². The monoisotopic (exact) mass is 481 g/mol. The van der Waals surface area contributed by atoms with Gasteiger partial charge in [0, 0.05) is 62.2 Å². The summed E-state index contributed by atoms with van der Waals surface area (Å²) in [5.74, 6) is 0.575. The molecule has 3 heterocycles. The number of aryl methyl sites for hydroxylation is 4. The molecule has 1 amide bonds. The van der Waals surface area contributed by atoms with Crippen LogP contribution < -0.4 is 15.8 Å². The maximum atomic E-state index is 12.5. The van der Waals surface area contributed by atoms with E-state index >= 15 is 0 Å². The van der Waals surface area contributed by atoms with Gasteiger partial charge >= 0.3 is 0 Å². The summed E-state index contributed by atoms with van der Waals surface area (Å²) in [5, 5.41) is 3.77. The van der Waals surface area contributed by atoms with E-state index in [2.05, 4.69) is 63.2 Å². The van der Waals surface area contributed by atoms with Crippen molar-refractivity contribution in [2.45, 2.75) is 53.0 Å². The van der Waals surface area contributed by atoms with E-state index in [0.717, 1.165) is 54.4 Å². The summed E-state index contributed by atoms with van der Waals surface area (Å²) in [5.41, 5.74) is 3.48. The molecule has 0 bridgehead atoms. The zero-order valence-electron chi connectivity index (χ0n) is 20.6. The molecule has 0 saturated carbocycles. The lowest BCUT2D eigenvalue weighted by molar-refractivity contribution is -0.121. The standard InChI is InChI=1S/C26H35N5O2S/c1-17-6-5-7-21(16-17)31-14-12-30(13-15-31)11-10-18(2)27-23(32)9-8-22-28-25(33)24-19(3)20(4)34-26(24)29-22/h5-7,16,18H,8-15H2,1-4H3,(H,27,32)(H,28,29,33). The number of nitrogens with one attached hydrogen (secondary N) is 2. The molecule has 1 atom stereocenters. The summed E-state index contributed by atoms with van der Waals surface area (Å²) in [6, 6.07) is 8.80. The topological polar surface area (TPSA) is 81.3 Å². The van der Waals surface area contributed by atoms with Crippen LogP contribution in [0.4, 0.5) is 5.69 Å². The number of thiophene rings is 1. The number of aromatic nitrogens is 2. The normalized spacial score (nSPS) is 15.6. The van der Waals surface area contributed by atoms with Gasteiger partial charge in [0.15, 0.2) is 0 Å². The molecule has 182 valence electrons. The number of carbonyl (C=O) groups excluding carboxylic acids is 1. The number of rotatable bonds is 8. The van der Waals surface area contributed by atoms with Crippen LogP contribution in [0.25, 0.3) is 10.2 Å². The number of benzene rings is 1.